The average Bonchev–Trinajstić information content (AvgIpc) is 3.08. The second-order valence-electron chi connectivity index (χ2n) is 6.31. The van der Waals surface area contributed by atoms with Crippen LogP contribution < -0.4 is 19.3 Å². The van der Waals surface area contributed by atoms with Crippen LogP contribution in [0.15, 0.2) is 29.7 Å². The maximum atomic E-state index is 13.1. The van der Waals surface area contributed by atoms with Crippen molar-refractivity contribution in [2.75, 3.05) is 48.5 Å². The van der Waals surface area contributed by atoms with Gasteiger partial charge in [-0.3, -0.25) is 4.31 Å². The Kier molecular flexibility index (Phi) is 4.45. The number of nitrogens with one attached hydrogen (secondary N) is 1. The zero-order chi connectivity index (χ0) is 18.3. The third-order valence-electron chi connectivity index (χ3n) is 4.52. The Balaban J connectivity index is 1.80. The molecule has 2 aliphatic rings. The van der Waals surface area contributed by atoms with Crippen LogP contribution in [0.1, 0.15) is 0 Å². The lowest BCUT2D eigenvalue weighted by Crippen LogP contribution is -2.44. The Morgan fingerprint density at radius 2 is 1.92 bits per heavy atom. The number of fused-ring (bicyclic) bond motifs is 1. The first kappa shape index (κ1) is 17.4. The average molecular weight is 398 g/mol. The molecule has 1 aromatic heterocycles. The number of piperazine rings is 1. The molecule has 1 fully saturated rings. The number of rotatable bonds is 3. The van der Waals surface area contributed by atoms with E-state index in [1.807, 2.05) is 6.07 Å². The molecule has 1 aromatic carbocycles. The molecule has 0 atom stereocenters. The normalized spacial score (nSPS) is 17.8. The summed E-state index contributed by atoms with van der Waals surface area (Å²) in [5.41, 5.74) is 1.29. The summed E-state index contributed by atoms with van der Waals surface area (Å²) in [5.74, 6) is 0.557. The van der Waals surface area contributed by atoms with Crippen molar-refractivity contribution in [2.24, 2.45) is 7.05 Å². The number of halogens is 1. The number of hydrogen-bond acceptors (Lipinski definition) is 6. The van der Waals surface area contributed by atoms with Gasteiger partial charge in [-0.05, 0) is 12.1 Å². The highest BCUT2D eigenvalue weighted by Crippen LogP contribution is 2.44. The van der Waals surface area contributed by atoms with E-state index >= 15 is 0 Å². The minimum Gasteiger partial charge on any atom is -0.487 e. The molecule has 0 spiro atoms. The van der Waals surface area contributed by atoms with Gasteiger partial charge in [-0.15, -0.1) is 0 Å². The second-order valence-corrected chi connectivity index (χ2v) is 8.56. The molecule has 0 radical (unpaired) electrons. The van der Waals surface area contributed by atoms with Gasteiger partial charge in [0.15, 0.2) is 10.8 Å². The van der Waals surface area contributed by atoms with Crippen LogP contribution in [0.5, 0.6) is 5.75 Å². The van der Waals surface area contributed by atoms with Gasteiger partial charge >= 0.3 is 0 Å². The van der Waals surface area contributed by atoms with Crippen LogP contribution >= 0.6 is 11.6 Å². The van der Waals surface area contributed by atoms with Crippen LogP contribution in [0, 0.1) is 0 Å². The van der Waals surface area contributed by atoms with Gasteiger partial charge in [0.25, 0.3) is 10.0 Å². The van der Waals surface area contributed by atoms with Crippen LogP contribution in [0.4, 0.5) is 11.4 Å². The van der Waals surface area contributed by atoms with Crippen molar-refractivity contribution in [3.8, 4) is 5.75 Å². The Labute approximate surface area is 157 Å². The van der Waals surface area contributed by atoms with Crippen molar-refractivity contribution in [2.45, 2.75) is 5.03 Å². The molecule has 2 aliphatic heterocycles. The molecule has 26 heavy (non-hydrogen) atoms. The number of anilines is 2. The Morgan fingerprint density at radius 1 is 1.19 bits per heavy atom. The largest absolute Gasteiger partial charge is 0.487 e. The van der Waals surface area contributed by atoms with Gasteiger partial charge in [0, 0.05) is 44.4 Å². The number of aromatic nitrogens is 2. The fraction of sp³-hybridized carbons (Fsp3) is 0.438. The SMILES string of the molecule is Cn1cnc(S(=O)(=O)N2CCOc3c(N4CCNCC4)cc(Cl)cc32)c1. The van der Waals surface area contributed by atoms with E-state index in [2.05, 4.69) is 15.2 Å². The summed E-state index contributed by atoms with van der Waals surface area (Å²) in [6.45, 7) is 3.83. The lowest BCUT2D eigenvalue weighted by Gasteiger charge is -2.36. The molecule has 1 N–H and O–H groups in total. The highest BCUT2D eigenvalue weighted by molar-refractivity contribution is 7.92. The van der Waals surface area contributed by atoms with Gasteiger partial charge in [-0.1, -0.05) is 11.6 Å². The lowest BCUT2D eigenvalue weighted by molar-refractivity contribution is 0.315. The van der Waals surface area contributed by atoms with Crippen LogP contribution in [-0.2, 0) is 17.1 Å². The standard InChI is InChI=1S/C16H20ClN5O3S/c1-20-10-15(19-11-20)26(23,24)22-6-7-25-16-13(8-12(17)9-14(16)22)21-4-2-18-3-5-21/h8-11,18H,2-7H2,1H3. The number of imidazole rings is 1. The van der Waals surface area contributed by atoms with Crippen LogP contribution in [0.2, 0.25) is 5.02 Å². The molecule has 8 nitrogen and oxygen atoms in total. The summed E-state index contributed by atoms with van der Waals surface area (Å²) in [4.78, 5) is 6.18. The van der Waals surface area contributed by atoms with E-state index < -0.39 is 10.0 Å². The van der Waals surface area contributed by atoms with Gasteiger partial charge in [0.1, 0.15) is 6.61 Å². The number of hydrogen-bond donors (Lipinski definition) is 1. The first-order valence-corrected chi connectivity index (χ1v) is 10.2. The van der Waals surface area contributed by atoms with E-state index in [1.165, 1.54) is 16.8 Å². The topological polar surface area (TPSA) is 79.7 Å². The maximum absolute atomic E-state index is 13.1. The van der Waals surface area contributed by atoms with E-state index in [-0.39, 0.29) is 18.2 Å². The maximum Gasteiger partial charge on any atom is 0.283 e. The summed E-state index contributed by atoms with van der Waals surface area (Å²) >= 11 is 6.33. The second kappa shape index (κ2) is 6.64. The molecule has 1 saturated heterocycles. The predicted octanol–water partition coefficient (Wildman–Crippen LogP) is 1.07. The third-order valence-corrected chi connectivity index (χ3v) is 6.43. The Hall–Kier alpha value is -1.97. The fourth-order valence-electron chi connectivity index (χ4n) is 3.27. The quantitative estimate of drug-likeness (QED) is 0.834. The minimum absolute atomic E-state index is 0.0107. The summed E-state index contributed by atoms with van der Waals surface area (Å²) in [6, 6.07) is 3.48. The van der Waals surface area contributed by atoms with E-state index in [4.69, 9.17) is 16.3 Å². The lowest BCUT2D eigenvalue weighted by atomic mass is 10.2. The molecule has 0 unspecified atom stereocenters. The number of sulfonamides is 1. The first-order chi connectivity index (χ1) is 12.5. The van der Waals surface area contributed by atoms with Crippen molar-refractivity contribution < 1.29 is 13.2 Å². The van der Waals surface area contributed by atoms with E-state index in [0.717, 1.165) is 31.9 Å². The van der Waals surface area contributed by atoms with Gasteiger partial charge in [0.2, 0.25) is 0 Å². The third kappa shape index (κ3) is 3.00. The summed E-state index contributed by atoms with van der Waals surface area (Å²) in [7, 11) is -2.05. The molecule has 0 saturated carbocycles. The Bertz CT molecular complexity index is 924. The summed E-state index contributed by atoms with van der Waals surface area (Å²) in [6.07, 6.45) is 2.96. The van der Waals surface area contributed by atoms with Crippen molar-refractivity contribution in [1.29, 1.82) is 0 Å². The highest BCUT2D eigenvalue weighted by Gasteiger charge is 2.34. The molecule has 4 rings (SSSR count). The van der Waals surface area contributed by atoms with E-state index in [9.17, 15) is 8.42 Å². The monoisotopic (exact) mass is 397 g/mol. The number of ether oxygens (including phenoxy) is 1. The highest BCUT2D eigenvalue weighted by atomic mass is 35.5. The number of aryl methyl sites for hydroxylation is 1. The zero-order valence-electron chi connectivity index (χ0n) is 14.4. The molecule has 140 valence electrons. The number of nitrogens with zero attached hydrogens (tertiary/aromatic N) is 4. The van der Waals surface area contributed by atoms with Crippen molar-refractivity contribution in [3.05, 3.63) is 29.7 Å². The van der Waals surface area contributed by atoms with Gasteiger partial charge in [-0.25, -0.2) is 4.98 Å². The molecule has 0 amide bonds. The van der Waals surface area contributed by atoms with E-state index in [1.54, 1.807) is 17.7 Å². The Morgan fingerprint density at radius 3 is 2.62 bits per heavy atom. The molecular formula is C16H20ClN5O3S. The minimum atomic E-state index is -3.79. The molecule has 0 aliphatic carbocycles. The predicted molar refractivity (Wildman–Crippen MR) is 99.8 cm³/mol. The summed E-state index contributed by atoms with van der Waals surface area (Å²) in [5, 5.41) is 3.79. The van der Waals surface area contributed by atoms with Crippen LogP contribution in [0.25, 0.3) is 0 Å². The van der Waals surface area contributed by atoms with Crippen LogP contribution in [0.3, 0.4) is 0 Å². The van der Waals surface area contributed by atoms with E-state index in [0.29, 0.717) is 16.5 Å². The van der Waals surface area contributed by atoms with Crippen LogP contribution in [-0.4, -0.2) is 57.3 Å². The van der Waals surface area contributed by atoms with Gasteiger partial charge in [-0.2, -0.15) is 8.42 Å². The van der Waals surface area contributed by atoms with Crippen molar-refractivity contribution >= 4 is 33.0 Å². The first-order valence-electron chi connectivity index (χ1n) is 8.39. The molecule has 2 aromatic rings. The summed E-state index contributed by atoms with van der Waals surface area (Å²) < 4.78 is 35.0. The zero-order valence-corrected chi connectivity index (χ0v) is 15.9. The molecule has 3 heterocycles. The fourth-order valence-corrected chi connectivity index (χ4v) is 4.90. The molecule has 10 heteroatoms. The number of benzene rings is 1. The van der Waals surface area contributed by atoms with Gasteiger partial charge < -0.3 is 19.5 Å². The van der Waals surface area contributed by atoms with Gasteiger partial charge in [0.05, 0.1) is 24.2 Å². The van der Waals surface area contributed by atoms with Crippen molar-refractivity contribution in [3.63, 3.8) is 0 Å². The molecule has 0 bridgehead atoms. The molecular weight excluding hydrogens is 378 g/mol. The smallest absolute Gasteiger partial charge is 0.283 e. The van der Waals surface area contributed by atoms with Crippen molar-refractivity contribution in [1.82, 2.24) is 14.9 Å².